The molecule has 1 fully saturated rings. The van der Waals surface area contributed by atoms with Crippen molar-refractivity contribution in [2.24, 2.45) is 0 Å². The Hall–Kier alpha value is -2.33. The third-order valence-corrected chi connectivity index (χ3v) is 5.13. The molecule has 1 atom stereocenters. The van der Waals surface area contributed by atoms with Crippen LogP contribution in [-0.2, 0) is 13.0 Å². The Morgan fingerprint density at radius 1 is 1.20 bits per heavy atom. The average molecular weight is 336 g/mol. The minimum atomic E-state index is -0.0231. The Bertz CT molecular complexity index is 749. The highest BCUT2D eigenvalue weighted by molar-refractivity contribution is 5.94. The summed E-state index contributed by atoms with van der Waals surface area (Å²) in [5.41, 5.74) is 4.39. The molecule has 1 unspecified atom stereocenters. The number of aryl methyl sites for hydroxylation is 1. The molecule has 2 aliphatic rings. The topological polar surface area (TPSA) is 50.4 Å². The standard InChI is InChI=1S/C21H24N2O2/c24-21(17-6-4-16(5-7-17)19-9-10-22-14-19)23-13-15-3-8-20-18(12-15)2-1-11-25-20/h3-8,12,19,22H,1-2,9-11,13-14H2,(H,23,24). The Labute approximate surface area is 148 Å². The monoisotopic (exact) mass is 336 g/mol. The quantitative estimate of drug-likeness (QED) is 0.902. The van der Waals surface area contributed by atoms with E-state index in [4.69, 9.17) is 4.74 Å². The number of nitrogens with one attached hydrogen (secondary N) is 2. The van der Waals surface area contributed by atoms with Gasteiger partial charge < -0.3 is 15.4 Å². The van der Waals surface area contributed by atoms with Gasteiger partial charge in [-0.1, -0.05) is 24.3 Å². The number of amides is 1. The molecule has 0 radical (unpaired) electrons. The zero-order chi connectivity index (χ0) is 17.1. The molecule has 25 heavy (non-hydrogen) atoms. The molecule has 130 valence electrons. The van der Waals surface area contributed by atoms with Crippen LogP contribution in [0.1, 0.15) is 45.8 Å². The molecule has 2 aromatic rings. The van der Waals surface area contributed by atoms with Gasteiger partial charge in [0, 0.05) is 18.7 Å². The Balaban J connectivity index is 1.37. The maximum Gasteiger partial charge on any atom is 0.251 e. The van der Waals surface area contributed by atoms with Gasteiger partial charge in [0.25, 0.3) is 5.91 Å². The highest BCUT2D eigenvalue weighted by Crippen LogP contribution is 2.25. The van der Waals surface area contributed by atoms with Crippen molar-refractivity contribution in [2.75, 3.05) is 19.7 Å². The molecule has 4 heteroatoms. The van der Waals surface area contributed by atoms with Gasteiger partial charge in [-0.25, -0.2) is 0 Å². The predicted molar refractivity (Wildman–Crippen MR) is 98.1 cm³/mol. The molecule has 1 saturated heterocycles. The number of benzene rings is 2. The molecule has 2 aliphatic heterocycles. The first-order valence-corrected chi connectivity index (χ1v) is 9.13. The maximum atomic E-state index is 12.4. The molecule has 2 aromatic carbocycles. The third kappa shape index (κ3) is 3.69. The first-order valence-electron chi connectivity index (χ1n) is 9.13. The van der Waals surface area contributed by atoms with E-state index in [1.165, 1.54) is 17.5 Å². The molecule has 4 nitrogen and oxygen atoms in total. The second-order valence-corrected chi connectivity index (χ2v) is 6.89. The van der Waals surface area contributed by atoms with Crippen molar-refractivity contribution >= 4 is 5.91 Å². The minimum Gasteiger partial charge on any atom is -0.493 e. The van der Waals surface area contributed by atoms with E-state index in [9.17, 15) is 4.79 Å². The number of ether oxygens (including phenoxy) is 1. The highest BCUT2D eigenvalue weighted by atomic mass is 16.5. The van der Waals surface area contributed by atoms with Gasteiger partial charge in [-0.05, 0) is 66.6 Å². The van der Waals surface area contributed by atoms with E-state index < -0.39 is 0 Å². The van der Waals surface area contributed by atoms with E-state index in [1.807, 2.05) is 24.3 Å². The summed E-state index contributed by atoms with van der Waals surface area (Å²) in [6.45, 7) is 3.46. The number of carbonyl (C=O) groups is 1. The lowest BCUT2D eigenvalue weighted by molar-refractivity contribution is 0.0951. The first-order chi connectivity index (χ1) is 12.3. The summed E-state index contributed by atoms with van der Waals surface area (Å²) in [6.07, 6.45) is 3.29. The summed E-state index contributed by atoms with van der Waals surface area (Å²) in [6, 6.07) is 14.2. The highest BCUT2D eigenvalue weighted by Gasteiger charge is 2.17. The number of carbonyl (C=O) groups excluding carboxylic acids is 1. The molecular formula is C21H24N2O2. The van der Waals surface area contributed by atoms with Crippen molar-refractivity contribution in [1.82, 2.24) is 10.6 Å². The average Bonchev–Trinajstić information content (AvgIpc) is 3.21. The Morgan fingerprint density at radius 2 is 2.08 bits per heavy atom. The fraction of sp³-hybridized carbons (Fsp3) is 0.381. The smallest absolute Gasteiger partial charge is 0.251 e. The van der Waals surface area contributed by atoms with Crippen LogP contribution in [-0.4, -0.2) is 25.6 Å². The van der Waals surface area contributed by atoms with E-state index in [1.54, 1.807) is 0 Å². The van der Waals surface area contributed by atoms with E-state index >= 15 is 0 Å². The molecule has 0 saturated carbocycles. The van der Waals surface area contributed by atoms with Gasteiger partial charge in [0.2, 0.25) is 0 Å². The summed E-state index contributed by atoms with van der Waals surface area (Å²) in [5.74, 6) is 1.54. The van der Waals surface area contributed by atoms with Crippen molar-refractivity contribution < 1.29 is 9.53 Å². The summed E-state index contributed by atoms with van der Waals surface area (Å²) in [7, 11) is 0. The lowest BCUT2D eigenvalue weighted by Crippen LogP contribution is -2.23. The van der Waals surface area contributed by atoms with Crippen molar-refractivity contribution in [3.8, 4) is 5.75 Å². The van der Waals surface area contributed by atoms with E-state index in [0.29, 0.717) is 12.5 Å². The molecule has 2 N–H and O–H groups in total. The Morgan fingerprint density at radius 3 is 2.88 bits per heavy atom. The molecule has 0 bridgehead atoms. The van der Waals surface area contributed by atoms with Gasteiger partial charge >= 0.3 is 0 Å². The van der Waals surface area contributed by atoms with Crippen LogP contribution in [0.4, 0.5) is 0 Å². The van der Waals surface area contributed by atoms with Gasteiger partial charge in [0.15, 0.2) is 0 Å². The third-order valence-electron chi connectivity index (χ3n) is 5.13. The zero-order valence-electron chi connectivity index (χ0n) is 14.4. The van der Waals surface area contributed by atoms with Gasteiger partial charge in [-0.3, -0.25) is 4.79 Å². The van der Waals surface area contributed by atoms with Crippen molar-refractivity contribution in [3.63, 3.8) is 0 Å². The van der Waals surface area contributed by atoms with Crippen LogP contribution in [0, 0.1) is 0 Å². The SMILES string of the molecule is O=C(NCc1ccc2c(c1)CCCO2)c1ccc(C2CCNC2)cc1. The van der Waals surface area contributed by atoms with Crippen LogP contribution in [0.2, 0.25) is 0 Å². The molecular weight excluding hydrogens is 312 g/mol. The number of hydrogen-bond donors (Lipinski definition) is 2. The summed E-state index contributed by atoms with van der Waals surface area (Å²) >= 11 is 0. The molecule has 2 heterocycles. The fourth-order valence-corrected chi connectivity index (χ4v) is 3.65. The lowest BCUT2D eigenvalue weighted by atomic mass is 9.97. The van der Waals surface area contributed by atoms with Crippen molar-refractivity contribution in [1.29, 1.82) is 0 Å². The molecule has 1 amide bonds. The van der Waals surface area contributed by atoms with Gasteiger partial charge in [0.05, 0.1) is 6.61 Å². The van der Waals surface area contributed by atoms with Crippen LogP contribution in [0.3, 0.4) is 0 Å². The van der Waals surface area contributed by atoms with E-state index in [0.717, 1.165) is 49.4 Å². The Kier molecular flexibility index (Phi) is 4.70. The normalized spacial score (nSPS) is 19.1. The van der Waals surface area contributed by atoms with Crippen LogP contribution < -0.4 is 15.4 Å². The number of fused-ring (bicyclic) bond motifs is 1. The largest absolute Gasteiger partial charge is 0.493 e. The summed E-state index contributed by atoms with van der Waals surface area (Å²) < 4.78 is 5.63. The number of hydrogen-bond acceptors (Lipinski definition) is 3. The van der Waals surface area contributed by atoms with Crippen LogP contribution in [0.15, 0.2) is 42.5 Å². The van der Waals surface area contributed by atoms with Gasteiger partial charge in [0.1, 0.15) is 5.75 Å². The predicted octanol–water partition coefficient (Wildman–Crippen LogP) is 3.02. The van der Waals surface area contributed by atoms with Crippen molar-refractivity contribution in [3.05, 3.63) is 64.7 Å². The van der Waals surface area contributed by atoms with E-state index in [2.05, 4.69) is 28.8 Å². The molecule has 0 spiro atoms. The van der Waals surface area contributed by atoms with Gasteiger partial charge in [-0.2, -0.15) is 0 Å². The van der Waals surface area contributed by atoms with Crippen LogP contribution in [0.25, 0.3) is 0 Å². The van der Waals surface area contributed by atoms with Crippen molar-refractivity contribution in [2.45, 2.75) is 31.7 Å². The number of rotatable bonds is 4. The minimum absolute atomic E-state index is 0.0231. The summed E-state index contributed by atoms with van der Waals surface area (Å²) in [4.78, 5) is 12.4. The van der Waals surface area contributed by atoms with Crippen LogP contribution >= 0.6 is 0 Å². The summed E-state index contributed by atoms with van der Waals surface area (Å²) in [5, 5.41) is 6.40. The van der Waals surface area contributed by atoms with Gasteiger partial charge in [-0.15, -0.1) is 0 Å². The zero-order valence-corrected chi connectivity index (χ0v) is 14.4. The fourth-order valence-electron chi connectivity index (χ4n) is 3.65. The molecule has 0 aliphatic carbocycles. The molecule has 0 aromatic heterocycles. The maximum absolute atomic E-state index is 12.4. The lowest BCUT2D eigenvalue weighted by Gasteiger charge is -2.18. The second kappa shape index (κ2) is 7.28. The first kappa shape index (κ1) is 16.2. The molecule has 4 rings (SSSR count). The van der Waals surface area contributed by atoms with Crippen LogP contribution in [0.5, 0.6) is 5.75 Å². The second-order valence-electron chi connectivity index (χ2n) is 6.89. The van der Waals surface area contributed by atoms with E-state index in [-0.39, 0.29) is 5.91 Å².